The highest BCUT2D eigenvalue weighted by molar-refractivity contribution is 7.89. The lowest BCUT2D eigenvalue weighted by Gasteiger charge is -2.13. The summed E-state index contributed by atoms with van der Waals surface area (Å²) in [7, 11) is 0.558. The lowest BCUT2D eigenvalue weighted by atomic mass is 10.2. The van der Waals surface area contributed by atoms with Gasteiger partial charge in [-0.1, -0.05) is 31.2 Å². The van der Waals surface area contributed by atoms with E-state index in [-0.39, 0.29) is 0 Å². The number of hydrogen-bond acceptors (Lipinski definition) is 4. The Morgan fingerprint density at radius 3 is 2.46 bits per heavy atom. The molecule has 0 fully saturated rings. The predicted molar refractivity (Wildman–Crippen MR) is 113 cm³/mol. The Balaban J connectivity index is 1.72. The number of benzene rings is 2. The number of aryl methyl sites for hydroxylation is 1. The molecular formula is C21H28N4O2S. The molecule has 0 radical (unpaired) electrons. The molecule has 1 N–H and O–H groups in total. The number of sulfonamides is 1. The molecule has 0 atom stereocenters. The van der Waals surface area contributed by atoms with Crippen LogP contribution in [0.5, 0.6) is 0 Å². The van der Waals surface area contributed by atoms with Crippen LogP contribution in [0.15, 0.2) is 53.4 Å². The van der Waals surface area contributed by atoms with E-state index in [2.05, 4.69) is 20.3 Å². The van der Waals surface area contributed by atoms with E-state index >= 15 is 0 Å². The Kier molecular flexibility index (Phi) is 6.49. The van der Waals surface area contributed by atoms with Crippen molar-refractivity contribution in [1.82, 2.24) is 19.2 Å². The molecule has 28 heavy (non-hydrogen) atoms. The Bertz CT molecular complexity index is 1020. The van der Waals surface area contributed by atoms with Gasteiger partial charge in [-0.2, -0.15) is 0 Å². The largest absolute Gasteiger partial charge is 0.327 e. The highest BCUT2D eigenvalue weighted by Gasteiger charge is 2.15. The summed E-state index contributed by atoms with van der Waals surface area (Å²) in [4.78, 5) is 7.14. The van der Waals surface area contributed by atoms with Crippen molar-refractivity contribution in [2.24, 2.45) is 0 Å². The van der Waals surface area contributed by atoms with Crippen molar-refractivity contribution in [2.45, 2.75) is 31.2 Å². The first-order valence-corrected chi connectivity index (χ1v) is 11.1. The highest BCUT2D eigenvalue weighted by Crippen LogP contribution is 2.17. The van der Waals surface area contributed by atoms with E-state index in [1.807, 2.05) is 51.4 Å². The molecule has 0 amide bonds. The third-order valence-corrected chi connectivity index (χ3v) is 6.26. The van der Waals surface area contributed by atoms with Crippen LogP contribution in [-0.2, 0) is 29.4 Å². The van der Waals surface area contributed by atoms with Crippen LogP contribution in [0.1, 0.15) is 18.3 Å². The van der Waals surface area contributed by atoms with Crippen LogP contribution in [-0.4, -0.2) is 50.1 Å². The van der Waals surface area contributed by atoms with Gasteiger partial charge in [-0.25, -0.2) is 18.1 Å². The van der Waals surface area contributed by atoms with Crippen molar-refractivity contribution in [3.63, 3.8) is 0 Å². The molecule has 0 saturated carbocycles. The highest BCUT2D eigenvalue weighted by atomic mass is 32.2. The maximum atomic E-state index is 12.5. The Morgan fingerprint density at radius 1 is 1.07 bits per heavy atom. The summed E-state index contributed by atoms with van der Waals surface area (Å²) in [6.07, 6.45) is 1.42. The van der Waals surface area contributed by atoms with Crippen molar-refractivity contribution in [1.29, 1.82) is 0 Å². The molecule has 1 aromatic heterocycles. The summed E-state index contributed by atoms with van der Waals surface area (Å²) in [5, 5.41) is 0. The third kappa shape index (κ3) is 4.79. The molecule has 1 heterocycles. The Morgan fingerprint density at radius 2 is 1.79 bits per heavy atom. The second-order valence-corrected chi connectivity index (χ2v) is 8.88. The standard InChI is InChI=1S/C21H28N4O2S/c1-4-17-9-11-18(12-10-17)28(26,27)22-14-13-21-23-19-7-5-6-8-20(19)25(21)16-15-24(2)3/h5-12,22H,4,13-16H2,1-3H3. The third-order valence-electron chi connectivity index (χ3n) is 4.79. The van der Waals surface area contributed by atoms with Crippen LogP contribution in [0.4, 0.5) is 0 Å². The first kappa shape index (κ1) is 20.5. The number of nitrogens with one attached hydrogen (secondary N) is 1. The molecule has 0 aliphatic rings. The molecule has 0 aliphatic carbocycles. The van der Waals surface area contributed by atoms with Crippen molar-refractivity contribution >= 4 is 21.1 Å². The van der Waals surface area contributed by atoms with E-state index in [0.29, 0.717) is 17.9 Å². The number of imidazole rings is 1. The zero-order chi connectivity index (χ0) is 20.1. The maximum Gasteiger partial charge on any atom is 0.240 e. The molecule has 2 aromatic carbocycles. The number of nitrogens with zero attached hydrogens (tertiary/aromatic N) is 3. The molecule has 0 unspecified atom stereocenters. The van der Waals surface area contributed by atoms with E-state index in [1.54, 1.807) is 12.1 Å². The molecule has 7 heteroatoms. The van der Waals surface area contributed by atoms with Gasteiger partial charge in [0.15, 0.2) is 0 Å². The second kappa shape index (κ2) is 8.86. The lowest BCUT2D eigenvalue weighted by Crippen LogP contribution is -2.27. The number of fused-ring (bicyclic) bond motifs is 1. The van der Waals surface area contributed by atoms with Crippen LogP contribution < -0.4 is 4.72 Å². The molecule has 6 nitrogen and oxygen atoms in total. The van der Waals surface area contributed by atoms with Crippen LogP contribution >= 0.6 is 0 Å². The van der Waals surface area contributed by atoms with Crippen molar-refractivity contribution in [3.8, 4) is 0 Å². The van der Waals surface area contributed by atoms with Gasteiger partial charge >= 0.3 is 0 Å². The Hall–Kier alpha value is -2.22. The topological polar surface area (TPSA) is 67.2 Å². The first-order valence-electron chi connectivity index (χ1n) is 9.58. The van der Waals surface area contributed by atoms with Crippen molar-refractivity contribution < 1.29 is 8.42 Å². The number of rotatable bonds is 9. The second-order valence-electron chi connectivity index (χ2n) is 7.12. The molecule has 0 spiro atoms. The lowest BCUT2D eigenvalue weighted by molar-refractivity contribution is 0.383. The van der Waals surface area contributed by atoms with Gasteiger partial charge in [0.2, 0.25) is 10.0 Å². The number of hydrogen-bond donors (Lipinski definition) is 1. The van der Waals surface area contributed by atoms with E-state index in [1.165, 1.54) is 0 Å². The number of likely N-dealkylation sites (N-methyl/N-ethyl adjacent to an activating group) is 1. The summed E-state index contributed by atoms with van der Waals surface area (Å²) in [6, 6.07) is 15.1. The maximum absolute atomic E-state index is 12.5. The number of aromatic nitrogens is 2. The zero-order valence-corrected chi connectivity index (χ0v) is 17.5. The first-order chi connectivity index (χ1) is 13.4. The summed E-state index contributed by atoms with van der Waals surface area (Å²) >= 11 is 0. The molecule has 3 aromatic rings. The van der Waals surface area contributed by atoms with E-state index < -0.39 is 10.0 Å². The SMILES string of the molecule is CCc1ccc(S(=O)(=O)NCCc2nc3ccccc3n2CCN(C)C)cc1. The Labute approximate surface area is 167 Å². The van der Waals surface area contributed by atoms with Crippen LogP contribution in [0.3, 0.4) is 0 Å². The van der Waals surface area contributed by atoms with Gasteiger partial charge in [0, 0.05) is 26.1 Å². The molecule has 0 bridgehead atoms. The van der Waals surface area contributed by atoms with Gasteiger partial charge in [0.1, 0.15) is 5.82 Å². The molecule has 3 rings (SSSR count). The fourth-order valence-corrected chi connectivity index (χ4v) is 4.18. The van der Waals surface area contributed by atoms with Gasteiger partial charge in [0.05, 0.1) is 15.9 Å². The van der Waals surface area contributed by atoms with E-state index in [4.69, 9.17) is 4.98 Å². The number of para-hydroxylation sites is 2. The van der Waals surface area contributed by atoms with Gasteiger partial charge in [-0.3, -0.25) is 0 Å². The van der Waals surface area contributed by atoms with E-state index in [0.717, 1.165) is 41.9 Å². The van der Waals surface area contributed by atoms with Crippen molar-refractivity contribution in [2.75, 3.05) is 27.2 Å². The minimum absolute atomic E-state index is 0.297. The molecule has 0 aliphatic heterocycles. The minimum atomic E-state index is -3.52. The minimum Gasteiger partial charge on any atom is -0.327 e. The fraction of sp³-hybridized carbons (Fsp3) is 0.381. The van der Waals surface area contributed by atoms with Gasteiger partial charge in [0.25, 0.3) is 0 Å². The van der Waals surface area contributed by atoms with Crippen molar-refractivity contribution in [3.05, 3.63) is 59.9 Å². The monoisotopic (exact) mass is 400 g/mol. The van der Waals surface area contributed by atoms with Crippen LogP contribution in [0.2, 0.25) is 0 Å². The summed E-state index contributed by atoms with van der Waals surface area (Å²) in [5.41, 5.74) is 3.14. The zero-order valence-electron chi connectivity index (χ0n) is 16.7. The average Bonchev–Trinajstić information content (AvgIpc) is 3.03. The van der Waals surface area contributed by atoms with Crippen LogP contribution in [0, 0.1) is 0 Å². The average molecular weight is 401 g/mol. The fourth-order valence-electron chi connectivity index (χ4n) is 3.15. The van der Waals surface area contributed by atoms with Crippen LogP contribution in [0.25, 0.3) is 11.0 Å². The normalized spacial score (nSPS) is 12.1. The van der Waals surface area contributed by atoms with Gasteiger partial charge in [-0.05, 0) is 50.3 Å². The predicted octanol–water partition coefficient (Wildman–Crippen LogP) is 2.68. The quantitative estimate of drug-likeness (QED) is 0.600. The van der Waals surface area contributed by atoms with Gasteiger partial charge in [-0.15, -0.1) is 0 Å². The van der Waals surface area contributed by atoms with E-state index in [9.17, 15) is 8.42 Å². The smallest absolute Gasteiger partial charge is 0.240 e. The summed E-state index contributed by atoms with van der Waals surface area (Å²) < 4.78 is 30.0. The molecular weight excluding hydrogens is 372 g/mol. The summed E-state index contributed by atoms with van der Waals surface area (Å²) in [5.74, 6) is 0.895. The summed E-state index contributed by atoms with van der Waals surface area (Å²) in [6.45, 7) is 4.06. The van der Waals surface area contributed by atoms with Gasteiger partial charge < -0.3 is 9.47 Å². The molecule has 0 saturated heterocycles. The molecule has 150 valence electrons.